The largest absolute Gasteiger partial charge is 0.447 e. The van der Waals surface area contributed by atoms with Crippen LogP contribution in [0.15, 0.2) is 66.2 Å². The molecule has 0 radical (unpaired) electrons. The molecule has 56 heavy (non-hydrogen) atoms. The van der Waals surface area contributed by atoms with Gasteiger partial charge in [0.1, 0.15) is 18.5 Å². The van der Waals surface area contributed by atoms with E-state index in [0.717, 1.165) is 34.9 Å². The fourth-order valence-corrected chi connectivity index (χ4v) is 6.54. The van der Waals surface area contributed by atoms with Crippen LogP contribution in [0.1, 0.15) is 86.7 Å². The summed E-state index contributed by atoms with van der Waals surface area (Å²) in [6, 6.07) is 8.27. The number of nitrogens with zero attached hydrogens (tertiary/aromatic N) is 7. The Morgan fingerprint density at radius 1 is 1.07 bits per heavy atom. The topological polar surface area (TPSA) is 146 Å². The standard InChI is InChI=1S/C36H37ClF7N9O3/c1-34(2,24-8-9-24)13-14-46-32(45)52(30(54)21-5-3-20(4-6-21)23-16-48-51(17-23)31(40)41)27(18-56-33(55)50-35(11-12-35)36(42,43)44)22-7-10-25(37)26(15-22)53-29(28(38)39)47-19-49-53/h3-7,10,15-17,19,24,27-28,31H,8-9,11-14,18H2,1-2H3,(H2,45,46)(H,50,55)/t27-/m1/s1. The van der Waals surface area contributed by atoms with Crippen molar-refractivity contribution in [3.8, 4) is 16.8 Å². The molecule has 20 heteroatoms. The molecule has 2 aromatic heterocycles. The normalized spacial score (nSPS) is 16.2. The summed E-state index contributed by atoms with van der Waals surface area (Å²) in [6.45, 7) is 0.667. The first-order valence-corrected chi connectivity index (χ1v) is 17.8. The van der Waals surface area contributed by atoms with E-state index in [9.17, 15) is 40.3 Å². The number of carbonyl (C=O) groups is 2. The van der Waals surface area contributed by atoms with E-state index < -0.39 is 55.2 Å². The van der Waals surface area contributed by atoms with Gasteiger partial charge in [-0.2, -0.15) is 32.1 Å². The first-order valence-electron chi connectivity index (χ1n) is 17.5. The highest BCUT2D eigenvalue weighted by molar-refractivity contribution is 6.32. The van der Waals surface area contributed by atoms with Crippen LogP contribution in [0.25, 0.3) is 16.8 Å². The number of aromatic nitrogens is 5. The SMILES string of the molecule is CC(C)(CCN=C(N)N(C(=O)c1ccc(-c2cnn(C(F)F)c2)cc1)[C@H](COC(=O)NC1(C(F)(F)F)CC1)c1ccc(Cl)c(-n2ncnc2C(F)F)c1)C1CC1. The highest BCUT2D eigenvalue weighted by Gasteiger charge is 2.64. The van der Waals surface area contributed by atoms with Gasteiger partial charge in [-0.3, -0.25) is 14.7 Å². The Kier molecular flexibility index (Phi) is 11.4. The first kappa shape index (κ1) is 40.5. The zero-order valence-corrected chi connectivity index (χ0v) is 30.7. The fourth-order valence-electron chi connectivity index (χ4n) is 6.34. The summed E-state index contributed by atoms with van der Waals surface area (Å²) >= 11 is 6.43. The number of ether oxygens (including phenoxy) is 1. The zero-order chi connectivity index (χ0) is 40.6. The Hall–Kier alpha value is -5.20. The second-order valence-corrected chi connectivity index (χ2v) is 14.8. The van der Waals surface area contributed by atoms with Crippen molar-refractivity contribution in [1.29, 1.82) is 0 Å². The van der Waals surface area contributed by atoms with Crippen LogP contribution in [0.3, 0.4) is 0 Å². The second kappa shape index (κ2) is 15.7. The fraction of sp³-hybridized carbons (Fsp3) is 0.444. The minimum atomic E-state index is -4.76. The molecule has 2 saturated carbocycles. The van der Waals surface area contributed by atoms with Gasteiger partial charge in [0.15, 0.2) is 11.8 Å². The van der Waals surface area contributed by atoms with Gasteiger partial charge in [-0.25, -0.2) is 27.9 Å². The number of halogens is 8. The minimum Gasteiger partial charge on any atom is -0.447 e. The molecule has 3 N–H and O–H groups in total. The van der Waals surface area contributed by atoms with Gasteiger partial charge in [-0.1, -0.05) is 43.6 Å². The third-order valence-electron chi connectivity index (χ3n) is 10.1. The molecule has 300 valence electrons. The van der Waals surface area contributed by atoms with Crippen molar-refractivity contribution >= 4 is 29.6 Å². The number of hydrogen-bond donors (Lipinski definition) is 2. The predicted molar refractivity (Wildman–Crippen MR) is 189 cm³/mol. The van der Waals surface area contributed by atoms with Gasteiger partial charge in [0, 0.05) is 23.9 Å². The van der Waals surface area contributed by atoms with Crippen LogP contribution in [-0.2, 0) is 4.74 Å². The van der Waals surface area contributed by atoms with Crippen LogP contribution in [0.5, 0.6) is 0 Å². The average molecular weight is 812 g/mol. The van der Waals surface area contributed by atoms with Gasteiger partial charge < -0.3 is 15.8 Å². The highest BCUT2D eigenvalue weighted by atomic mass is 35.5. The molecule has 0 unspecified atom stereocenters. The number of rotatable bonds is 14. The van der Waals surface area contributed by atoms with Gasteiger partial charge >= 0.3 is 18.8 Å². The molecular formula is C36H37ClF7N9O3. The van der Waals surface area contributed by atoms with E-state index in [2.05, 4.69) is 34.0 Å². The van der Waals surface area contributed by atoms with Crippen LogP contribution < -0.4 is 11.1 Å². The first-order chi connectivity index (χ1) is 26.4. The van der Waals surface area contributed by atoms with E-state index in [0.29, 0.717) is 28.1 Å². The maximum Gasteiger partial charge on any atom is 0.411 e. The Balaban J connectivity index is 1.40. The molecule has 12 nitrogen and oxygen atoms in total. The minimum absolute atomic E-state index is 0.000341. The van der Waals surface area contributed by atoms with Crippen molar-refractivity contribution in [1.82, 2.24) is 34.8 Å². The van der Waals surface area contributed by atoms with E-state index in [-0.39, 0.29) is 52.6 Å². The molecule has 0 saturated heterocycles. The highest BCUT2D eigenvalue weighted by Crippen LogP contribution is 2.49. The quantitative estimate of drug-likeness (QED) is 0.0741. The number of benzene rings is 2. The van der Waals surface area contributed by atoms with E-state index >= 15 is 0 Å². The van der Waals surface area contributed by atoms with Crippen molar-refractivity contribution in [3.63, 3.8) is 0 Å². The number of nitrogens with two attached hydrogens (primary N) is 1. The van der Waals surface area contributed by atoms with Crippen LogP contribution in [0, 0.1) is 11.3 Å². The van der Waals surface area contributed by atoms with Crippen molar-refractivity contribution in [2.24, 2.45) is 22.1 Å². The van der Waals surface area contributed by atoms with E-state index in [4.69, 9.17) is 22.1 Å². The van der Waals surface area contributed by atoms with Crippen molar-refractivity contribution in [3.05, 3.63) is 83.2 Å². The molecule has 1 atom stereocenters. The molecule has 2 aliphatic rings. The van der Waals surface area contributed by atoms with Crippen molar-refractivity contribution in [2.45, 2.75) is 76.7 Å². The Morgan fingerprint density at radius 2 is 1.77 bits per heavy atom. The number of alkyl halides is 7. The molecule has 0 spiro atoms. The molecule has 2 heterocycles. The molecule has 2 amide bonds. The number of nitrogens with one attached hydrogen (secondary N) is 1. The van der Waals surface area contributed by atoms with Crippen molar-refractivity contribution in [2.75, 3.05) is 13.2 Å². The number of aliphatic imine (C=N–C) groups is 1. The summed E-state index contributed by atoms with van der Waals surface area (Å²) in [7, 11) is 0. The van der Waals surface area contributed by atoms with Gasteiger partial charge in [-0.15, -0.1) is 0 Å². The molecule has 2 aliphatic carbocycles. The lowest BCUT2D eigenvalue weighted by atomic mass is 9.84. The van der Waals surface area contributed by atoms with Crippen LogP contribution in [0.4, 0.5) is 35.5 Å². The summed E-state index contributed by atoms with van der Waals surface area (Å²) in [5, 5.41) is 9.30. The molecule has 2 aromatic carbocycles. The molecular weight excluding hydrogens is 775 g/mol. The maximum absolute atomic E-state index is 14.6. The van der Waals surface area contributed by atoms with E-state index in [1.54, 1.807) is 0 Å². The molecule has 0 bridgehead atoms. The number of alkyl carbamates (subject to hydrolysis) is 1. The summed E-state index contributed by atoms with van der Waals surface area (Å²) in [5.41, 5.74) is 4.76. The third-order valence-corrected chi connectivity index (χ3v) is 10.4. The molecule has 2 fully saturated rings. The second-order valence-electron chi connectivity index (χ2n) is 14.4. The number of amides is 2. The number of guanidine groups is 1. The lowest BCUT2D eigenvalue weighted by molar-refractivity contribution is -0.164. The predicted octanol–water partition coefficient (Wildman–Crippen LogP) is 8.26. The average Bonchev–Trinajstić information content (AvgIpc) is 4.04. The third kappa shape index (κ3) is 8.76. The summed E-state index contributed by atoms with van der Waals surface area (Å²) < 4.78 is 102. The number of hydrogen-bond acceptors (Lipinski definition) is 7. The summed E-state index contributed by atoms with van der Waals surface area (Å²) in [6.07, 6.45) is -4.05. The lowest BCUT2D eigenvalue weighted by Crippen LogP contribution is -2.49. The molecule has 6 rings (SSSR count). The molecule has 4 aromatic rings. The van der Waals surface area contributed by atoms with E-state index in [1.165, 1.54) is 48.7 Å². The summed E-state index contributed by atoms with van der Waals surface area (Å²) in [5.74, 6) is -1.44. The Bertz CT molecular complexity index is 2080. The van der Waals surface area contributed by atoms with Gasteiger partial charge in [0.2, 0.25) is 0 Å². The Labute approximate surface area is 320 Å². The zero-order valence-electron chi connectivity index (χ0n) is 30.0. The maximum atomic E-state index is 14.6. The molecule has 0 aliphatic heterocycles. The van der Waals surface area contributed by atoms with Gasteiger partial charge in [0.25, 0.3) is 12.3 Å². The monoisotopic (exact) mass is 811 g/mol. The Morgan fingerprint density at radius 3 is 2.36 bits per heavy atom. The van der Waals surface area contributed by atoms with Crippen LogP contribution in [0.2, 0.25) is 5.02 Å². The van der Waals surface area contributed by atoms with Gasteiger partial charge in [0.05, 0.1) is 22.9 Å². The smallest absolute Gasteiger partial charge is 0.411 e. The van der Waals surface area contributed by atoms with Crippen molar-refractivity contribution < 1.29 is 45.1 Å². The number of carbonyl (C=O) groups excluding carboxylic acids is 2. The van der Waals surface area contributed by atoms with Gasteiger partial charge in [-0.05, 0) is 78.8 Å². The van der Waals surface area contributed by atoms with Crippen LogP contribution in [-0.4, -0.2) is 72.3 Å². The van der Waals surface area contributed by atoms with E-state index in [1.807, 2.05) is 5.32 Å². The lowest BCUT2D eigenvalue weighted by Gasteiger charge is -2.32. The summed E-state index contributed by atoms with van der Waals surface area (Å²) in [4.78, 5) is 36.6. The van der Waals surface area contributed by atoms with Crippen LogP contribution >= 0.6 is 11.6 Å².